The molecule has 1 fully saturated rings. The molecule has 5 heteroatoms. The van der Waals surface area contributed by atoms with Crippen LogP contribution < -0.4 is 4.90 Å². The fourth-order valence-corrected chi connectivity index (χ4v) is 2.49. The summed E-state index contributed by atoms with van der Waals surface area (Å²) in [6.45, 7) is 4.24. The monoisotopic (exact) mass is 254 g/mol. The molecule has 1 aromatic rings. The lowest BCUT2D eigenvalue weighted by Gasteiger charge is -2.35. The first-order valence-electron chi connectivity index (χ1n) is 5.99. The zero-order chi connectivity index (χ0) is 12.4. The molecule has 1 aromatic heterocycles. The number of hydrogen-bond acceptors (Lipinski definition) is 4. The molecule has 0 spiro atoms. The van der Waals surface area contributed by atoms with Gasteiger partial charge in [0.1, 0.15) is 5.82 Å². The Balaban J connectivity index is 2.10. The van der Waals surface area contributed by atoms with Crippen LogP contribution in [0, 0.1) is 6.92 Å². The molecular formula is C12H19ClN4. The molecule has 0 aliphatic carbocycles. The average Bonchev–Trinajstić information content (AvgIpc) is 2.28. The highest BCUT2D eigenvalue weighted by Gasteiger charge is 2.21. The third-order valence-electron chi connectivity index (χ3n) is 3.41. The molecule has 17 heavy (non-hydrogen) atoms. The Morgan fingerprint density at radius 2 is 2.00 bits per heavy atom. The fourth-order valence-electron chi connectivity index (χ4n) is 2.27. The highest BCUT2D eigenvalue weighted by molar-refractivity contribution is 6.28. The van der Waals surface area contributed by atoms with E-state index in [9.17, 15) is 0 Å². The predicted molar refractivity (Wildman–Crippen MR) is 70.7 cm³/mol. The van der Waals surface area contributed by atoms with Crippen molar-refractivity contribution in [2.75, 3.05) is 32.1 Å². The maximum absolute atomic E-state index is 5.90. The summed E-state index contributed by atoms with van der Waals surface area (Å²) in [5, 5.41) is 0.333. The lowest BCUT2D eigenvalue weighted by molar-refractivity contribution is 0.252. The number of anilines is 1. The van der Waals surface area contributed by atoms with Crippen molar-refractivity contribution >= 4 is 17.4 Å². The first-order valence-corrected chi connectivity index (χ1v) is 6.36. The number of aryl methyl sites for hydroxylation is 1. The third-order valence-corrected chi connectivity index (χ3v) is 3.58. The van der Waals surface area contributed by atoms with Crippen LogP contribution in [-0.2, 0) is 0 Å². The second-order valence-corrected chi connectivity index (χ2v) is 5.12. The van der Waals surface area contributed by atoms with E-state index in [0.29, 0.717) is 11.3 Å². The van der Waals surface area contributed by atoms with Crippen molar-refractivity contribution in [1.29, 1.82) is 0 Å². The van der Waals surface area contributed by atoms with Crippen molar-refractivity contribution < 1.29 is 0 Å². The Morgan fingerprint density at radius 3 is 2.59 bits per heavy atom. The van der Waals surface area contributed by atoms with E-state index in [0.717, 1.165) is 24.6 Å². The quantitative estimate of drug-likeness (QED) is 0.756. The van der Waals surface area contributed by atoms with Gasteiger partial charge in [-0.15, -0.1) is 0 Å². The summed E-state index contributed by atoms with van der Waals surface area (Å²) in [5.41, 5.74) is 0.916. The molecule has 94 valence electrons. The molecule has 2 heterocycles. The van der Waals surface area contributed by atoms with Gasteiger partial charge in [-0.25, -0.2) is 9.97 Å². The SMILES string of the molecule is Cc1cc(N(C)C2CCN(C)CC2)nc(Cl)n1. The second-order valence-electron chi connectivity index (χ2n) is 4.78. The maximum Gasteiger partial charge on any atom is 0.224 e. The van der Waals surface area contributed by atoms with Crippen LogP contribution >= 0.6 is 11.6 Å². The van der Waals surface area contributed by atoms with Crippen LogP contribution in [-0.4, -0.2) is 48.1 Å². The fraction of sp³-hybridized carbons (Fsp3) is 0.667. The van der Waals surface area contributed by atoms with Gasteiger partial charge in [-0.1, -0.05) is 0 Å². The molecule has 1 saturated heterocycles. The first kappa shape index (κ1) is 12.6. The first-order chi connectivity index (χ1) is 8.06. The molecule has 0 unspecified atom stereocenters. The van der Waals surface area contributed by atoms with E-state index in [-0.39, 0.29) is 0 Å². The Kier molecular flexibility index (Phi) is 3.84. The molecule has 2 rings (SSSR count). The number of piperidine rings is 1. The van der Waals surface area contributed by atoms with Crippen LogP contribution in [0.1, 0.15) is 18.5 Å². The van der Waals surface area contributed by atoms with E-state index in [1.165, 1.54) is 12.8 Å². The van der Waals surface area contributed by atoms with Crippen LogP contribution in [0.3, 0.4) is 0 Å². The number of halogens is 1. The zero-order valence-electron chi connectivity index (χ0n) is 10.6. The molecule has 0 amide bonds. The Morgan fingerprint density at radius 1 is 1.35 bits per heavy atom. The van der Waals surface area contributed by atoms with Crippen molar-refractivity contribution in [3.8, 4) is 0 Å². The van der Waals surface area contributed by atoms with Gasteiger partial charge in [0, 0.05) is 24.8 Å². The van der Waals surface area contributed by atoms with Gasteiger partial charge in [0.2, 0.25) is 5.28 Å². The van der Waals surface area contributed by atoms with Gasteiger partial charge >= 0.3 is 0 Å². The summed E-state index contributed by atoms with van der Waals surface area (Å²) in [7, 11) is 4.26. The van der Waals surface area contributed by atoms with E-state index in [2.05, 4.69) is 33.9 Å². The molecule has 1 aliphatic rings. The van der Waals surface area contributed by atoms with E-state index in [1.807, 2.05) is 13.0 Å². The standard InChI is InChI=1S/C12H19ClN4/c1-9-8-11(15-12(13)14-9)17(3)10-4-6-16(2)7-5-10/h8,10H,4-7H2,1-3H3. The van der Waals surface area contributed by atoms with Crippen LogP contribution in [0.5, 0.6) is 0 Å². The van der Waals surface area contributed by atoms with E-state index in [4.69, 9.17) is 11.6 Å². The minimum atomic E-state index is 0.333. The van der Waals surface area contributed by atoms with Gasteiger partial charge in [0.15, 0.2) is 0 Å². The van der Waals surface area contributed by atoms with Crippen LogP contribution in [0.4, 0.5) is 5.82 Å². The van der Waals surface area contributed by atoms with Crippen LogP contribution in [0.2, 0.25) is 5.28 Å². The summed E-state index contributed by atoms with van der Waals surface area (Å²) < 4.78 is 0. The highest BCUT2D eigenvalue weighted by atomic mass is 35.5. The molecule has 4 nitrogen and oxygen atoms in total. The zero-order valence-corrected chi connectivity index (χ0v) is 11.4. The maximum atomic E-state index is 5.90. The third kappa shape index (κ3) is 3.07. The molecule has 0 radical (unpaired) electrons. The van der Waals surface area contributed by atoms with Gasteiger partial charge in [-0.2, -0.15) is 0 Å². The van der Waals surface area contributed by atoms with Crippen molar-refractivity contribution in [2.24, 2.45) is 0 Å². The second kappa shape index (κ2) is 5.19. The molecule has 0 aromatic carbocycles. The number of aromatic nitrogens is 2. The molecule has 1 aliphatic heterocycles. The Bertz CT molecular complexity index is 368. The lowest BCUT2D eigenvalue weighted by atomic mass is 10.0. The van der Waals surface area contributed by atoms with Gasteiger partial charge < -0.3 is 9.80 Å². The Labute approximate surface area is 108 Å². The average molecular weight is 255 g/mol. The normalized spacial score (nSPS) is 18.4. The lowest BCUT2D eigenvalue weighted by Crippen LogP contribution is -2.42. The van der Waals surface area contributed by atoms with Crippen molar-refractivity contribution in [2.45, 2.75) is 25.8 Å². The van der Waals surface area contributed by atoms with Crippen molar-refractivity contribution in [3.05, 3.63) is 17.0 Å². The number of hydrogen-bond donors (Lipinski definition) is 0. The molecular weight excluding hydrogens is 236 g/mol. The van der Waals surface area contributed by atoms with Crippen molar-refractivity contribution in [1.82, 2.24) is 14.9 Å². The summed E-state index contributed by atoms with van der Waals surface area (Å²) in [6.07, 6.45) is 2.35. The van der Waals surface area contributed by atoms with E-state index >= 15 is 0 Å². The topological polar surface area (TPSA) is 32.3 Å². The summed E-state index contributed by atoms with van der Waals surface area (Å²) in [5.74, 6) is 0.928. The smallest absolute Gasteiger partial charge is 0.224 e. The van der Waals surface area contributed by atoms with E-state index in [1.54, 1.807) is 0 Å². The minimum Gasteiger partial charge on any atom is -0.356 e. The summed E-state index contributed by atoms with van der Waals surface area (Å²) >= 11 is 5.90. The number of likely N-dealkylation sites (tertiary alicyclic amines) is 1. The summed E-state index contributed by atoms with van der Waals surface area (Å²) in [6, 6.07) is 2.54. The van der Waals surface area contributed by atoms with Crippen molar-refractivity contribution in [3.63, 3.8) is 0 Å². The predicted octanol–water partition coefficient (Wildman–Crippen LogP) is 1.97. The van der Waals surface area contributed by atoms with Crippen LogP contribution in [0.15, 0.2) is 6.07 Å². The van der Waals surface area contributed by atoms with E-state index < -0.39 is 0 Å². The minimum absolute atomic E-state index is 0.333. The molecule has 0 N–H and O–H groups in total. The van der Waals surface area contributed by atoms with Gasteiger partial charge in [0.05, 0.1) is 0 Å². The number of rotatable bonds is 2. The van der Waals surface area contributed by atoms with Gasteiger partial charge in [0.25, 0.3) is 0 Å². The molecule has 0 atom stereocenters. The highest BCUT2D eigenvalue weighted by Crippen LogP contribution is 2.21. The Hall–Kier alpha value is -0.870. The summed E-state index contributed by atoms with van der Waals surface area (Å²) in [4.78, 5) is 13.0. The van der Waals surface area contributed by atoms with Gasteiger partial charge in [-0.05, 0) is 51.5 Å². The number of nitrogens with zero attached hydrogens (tertiary/aromatic N) is 4. The van der Waals surface area contributed by atoms with Crippen LogP contribution in [0.25, 0.3) is 0 Å². The molecule has 0 bridgehead atoms. The largest absolute Gasteiger partial charge is 0.356 e. The molecule has 0 saturated carbocycles. The van der Waals surface area contributed by atoms with Gasteiger partial charge in [-0.3, -0.25) is 0 Å².